The van der Waals surface area contributed by atoms with E-state index in [-0.39, 0.29) is 0 Å². The third-order valence-electron chi connectivity index (χ3n) is 3.15. The van der Waals surface area contributed by atoms with Gasteiger partial charge in [0, 0.05) is 28.3 Å². The van der Waals surface area contributed by atoms with E-state index in [2.05, 4.69) is 71.1 Å². The van der Waals surface area contributed by atoms with Crippen molar-refractivity contribution < 1.29 is 0 Å². The van der Waals surface area contributed by atoms with Crippen molar-refractivity contribution in [2.45, 2.75) is 19.2 Å². The number of rotatable bonds is 4. The van der Waals surface area contributed by atoms with Gasteiger partial charge in [0.25, 0.3) is 0 Å². The first-order valence-corrected chi connectivity index (χ1v) is 7.84. The summed E-state index contributed by atoms with van der Waals surface area (Å²) in [6.07, 6.45) is 0. The Balaban J connectivity index is 2.36. The van der Waals surface area contributed by atoms with Gasteiger partial charge in [-0.25, -0.2) is 0 Å². The molecule has 1 nitrogen and oxygen atoms in total. The summed E-state index contributed by atoms with van der Waals surface area (Å²) in [7, 11) is 0. The Morgan fingerprint density at radius 3 is 2.21 bits per heavy atom. The van der Waals surface area contributed by atoms with Crippen LogP contribution in [0.2, 0.25) is 5.02 Å². The molecule has 0 unspecified atom stereocenters. The Labute approximate surface area is 128 Å². The Kier molecular flexibility index (Phi) is 4.89. The highest BCUT2D eigenvalue weighted by molar-refractivity contribution is 9.08. The van der Waals surface area contributed by atoms with Crippen molar-refractivity contribution >= 4 is 38.9 Å². The van der Waals surface area contributed by atoms with Crippen molar-refractivity contribution in [3.63, 3.8) is 0 Å². The van der Waals surface area contributed by atoms with Crippen LogP contribution in [-0.2, 0) is 5.33 Å². The van der Waals surface area contributed by atoms with Crippen LogP contribution in [0.1, 0.15) is 18.1 Å². The molecule has 0 heterocycles. The lowest BCUT2D eigenvalue weighted by atomic mass is 10.1. The van der Waals surface area contributed by atoms with Crippen LogP contribution in [0, 0.1) is 6.92 Å². The molecule has 2 rings (SSSR count). The maximum Gasteiger partial charge on any atom is 0.0467 e. The maximum atomic E-state index is 6.29. The van der Waals surface area contributed by atoms with E-state index < -0.39 is 0 Å². The number of nitrogens with zero attached hydrogens (tertiary/aromatic N) is 1. The first-order valence-electron chi connectivity index (χ1n) is 6.34. The highest BCUT2D eigenvalue weighted by Gasteiger charge is 2.09. The molecule has 100 valence electrons. The lowest BCUT2D eigenvalue weighted by Crippen LogP contribution is -2.15. The quantitative estimate of drug-likeness (QED) is 0.646. The van der Waals surface area contributed by atoms with E-state index in [1.807, 2.05) is 6.07 Å². The number of anilines is 2. The van der Waals surface area contributed by atoms with Crippen LogP contribution < -0.4 is 4.90 Å². The van der Waals surface area contributed by atoms with E-state index in [1.54, 1.807) is 0 Å². The molecule has 0 spiro atoms. The van der Waals surface area contributed by atoms with E-state index in [4.69, 9.17) is 11.6 Å². The first kappa shape index (κ1) is 14.4. The SMILES string of the molecule is CCN(c1ccc(C)cc1)c1ccc(CBr)c(Cl)c1. The normalized spacial score (nSPS) is 10.5. The molecule has 0 radical (unpaired) electrons. The van der Waals surface area contributed by atoms with Gasteiger partial charge < -0.3 is 4.90 Å². The summed E-state index contributed by atoms with van der Waals surface area (Å²) in [4.78, 5) is 2.25. The van der Waals surface area contributed by atoms with Crippen LogP contribution >= 0.6 is 27.5 Å². The van der Waals surface area contributed by atoms with Crippen molar-refractivity contribution in [2.24, 2.45) is 0 Å². The Morgan fingerprint density at radius 1 is 1.05 bits per heavy atom. The predicted molar refractivity (Wildman–Crippen MR) is 87.9 cm³/mol. The fourth-order valence-corrected chi connectivity index (χ4v) is 2.94. The molecular formula is C16H17BrClN. The molecule has 0 aliphatic heterocycles. The predicted octanol–water partition coefficient (Wildman–Crippen LogP) is 5.70. The number of halogens is 2. The standard InChI is InChI=1S/C16H17BrClN/c1-3-19(14-7-4-12(2)5-8-14)15-9-6-13(11-17)16(18)10-15/h4-10H,3,11H2,1-2H3. The molecule has 0 aliphatic carbocycles. The van der Waals surface area contributed by atoms with Gasteiger partial charge in [0.2, 0.25) is 0 Å². The van der Waals surface area contributed by atoms with Gasteiger partial charge in [-0.3, -0.25) is 0 Å². The fraction of sp³-hybridized carbons (Fsp3) is 0.250. The minimum absolute atomic E-state index is 0.781. The molecule has 19 heavy (non-hydrogen) atoms. The Bertz CT molecular complexity index is 551. The summed E-state index contributed by atoms with van der Waals surface area (Å²) in [5, 5.41) is 1.59. The topological polar surface area (TPSA) is 3.24 Å². The van der Waals surface area contributed by atoms with Crippen LogP contribution in [0.15, 0.2) is 42.5 Å². The molecule has 0 aromatic heterocycles. The third kappa shape index (κ3) is 3.31. The van der Waals surface area contributed by atoms with Crippen molar-refractivity contribution in [2.75, 3.05) is 11.4 Å². The monoisotopic (exact) mass is 337 g/mol. The van der Waals surface area contributed by atoms with E-state index in [9.17, 15) is 0 Å². The molecule has 0 N–H and O–H groups in total. The molecule has 2 aromatic carbocycles. The van der Waals surface area contributed by atoms with Gasteiger partial charge in [0.05, 0.1) is 0 Å². The Hall–Kier alpha value is -0.990. The maximum absolute atomic E-state index is 6.29. The van der Waals surface area contributed by atoms with Crippen molar-refractivity contribution in [3.8, 4) is 0 Å². The second-order valence-electron chi connectivity index (χ2n) is 4.49. The zero-order chi connectivity index (χ0) is 13.8. The van der Waals surface area contributed by atoms with E-state index in [0.717, 1.165) is 28.1 Å². The van der Waals surface area contributed by atoms with Crippen LogP contribution in [0.25, 0.3) is 0 Å². The van der Waals surface area contributed by atoms with Gasteiger partial charge in [-0.1, -0.05) is 51.3 Å². The molecule has 0 aliphatic rings. The average molecular weight is 339 g/mol. The van der Waals surface area contributed by atoms with Crippen molar-refractivity contribution in [1.29, 1.82) is 0 Å². The minimum Gasteiger partial charge on any atom is -0.342 e. The van der Waals surface area contributed by atoms with Gasteiger partial charge in [-0.2, -0.15) is 0 Å². The van der Waals surface area contributed by atoms with Crippen LogP contribution in [0.5, 0.6) is 0 Å². The van der Waals surface area contributed by atoms with Crippen LogP contribution in [-0.4, -0.2) is 6.54 Å². The average Bonchev–Trinajstić information content (AvgIpc) is 2.42. The largest absolute Gasteiger partial charge is 0.342 e. The molecule has 0 amide bonds. The minimum atomic E-state index is 0.781. The number of aryl methyl sites for hydroxylation is 1. The summed E-state index contributed by atoms with van der Waals surface area (Å²) < 4.78 is 0. The van der Waals surface area contributed by atoms with Crippen LogP contribution in [0.3, 0.4) is 0 Å². The molecule has 0 atom stereocenters. The third-order valence-corrected chi connectivity index (χ3v) is 4.11. The lowest BCUT2D eigenvalue weighted by Gasteiger charge is -2.24. The molecule has 0 saturated heterocycles. The molecule has 2 aromatic rings. The molecule has 0 fully saturated rings. The lowest BCUT2D eigenvalue weighted by molar-refractivity contribution is 1.02. The highest BCUT2D eigenvalue weighted by atomic mass is 79.9. The van der Waals surface area contributed by atoms with Crippen molar-refractivity contribution in [3.05, 3.63) is 58.6 Å². The summed E-state index contributed by atoms with van der Waals surface area (Å²) in [5.74, 6) is 0. The van der Waals surface area contributed by atoms with E-state index in [0.29, 0.717) is 0 Å². The highest BCUT2D eigenvalue weighted by Crippen LogP contribution is 2.30. The Morgan fingerprint density at radius 2 is 1.68 bits per heavy atom. The van der Waals surface area contributed by atoms with Gasteiger partial charge >= 0.3 is 0 Å². The molecule has 0 bridgehead atoms. The van der Waals surface area contributed by atoms with Gasteiger partial charge in [-0.05, 0) is 43.7 Å². The van der Waals surface area contributed by atoms with Gasteiger partial charge in [0.15, 0.2) is 0 Å². The summed E-state index contributed by atoms with van der Waals surface area (Å²) in [5.41, 5.74) is 4.70. The fourth-order valence-electron chi connectivity index (χ4n) is 2.05. The van der Waals surface area contributed by atoms with Crippen molar-refractivity contribution in [1.82, 2.24) is 0 Å². The number of benzene rings is 2. The summed E-state index contributed by atoms with van der Waals surface area (Å²) in [6.45, 7) is 5.15. The number of hydrogen-bond donors (Lipinski definition) is 0. The molecule has 0 saturated carbocycles. The van der Waals surface area contributed by atoms with E-state index in [1.165, 1.54) is 11.3 Å². The summed E-state index contributed by atoms with van der Waals surface area (Å²) >= 11 is 9.73. The first-order chi connectivity index (χ1) is 9.15. The second-order valence-corrected chi connectivity index (χ2v) is 5.46. The number of alkyl halides is 1. The summed E-state index contributed by atoms with van der Waals surface area (Å²) in [6, 6.07) is 14.8. The zero-order valence-corrected chi connectivity index (χ0v) is 13.5. The second kappa shape index (κ2) is 6.44. The van der Waals surface area contributed by atoms with Gasteiger partial charge in [0.1, 0.15) is 0 Å². The number of hydrogen-bond acceptors (Lipinski definition) is 1. The zero-order valence-electron chi connectivity index (χ0n) is 11.2. The van der Waals surface area contributed by atoms with E-state index >= 15 is 0 Å². The van der Waals surface area contributed by atoms with Crippen LogP contribution in [0.4, 0.5) is 11.4 Å². The molecule has 3 heteroatoms. The van der Waals surface area contributed by atoms with Gasteiger partial charge in [-0.15, -0.1) is 0 Å². The smallest absolute Gasteiger partial charge is 0.0467 e. The molecular weight excluding hydrogens is 322 g/mol.